The number of nitrogens with one attached hydrogen (secondary N) is 2. The summed E-state index contributed by atoms with van der Waals surface area (Å²) < 4.78 is 1.90. The van der Waals surface area contributed by atoms with Crippen LogP contribution in [0.4, 0.5) is 11.4 Å². The number of aromatic nitrogens is 2. The fraction of sp³-hybridized carbons (Fsp3) is 0.0909. The zero-order valence-corrected chi connectivity index (χ0v) is 15.8. The molecule has 0 aliphatic rings. The zero-order chi connectivity index (χ0) is 18.6. The molecule has 4 nitrogen and oxygen atoms in total. The number of benzene rings is 3. The minimum absolute atomic E-state index is 0.543. The van der Waals surface area contributed by atoms with E-state index in [0.29, 0.717) is 5.11 Å². The van der Waals surface area contributed by atoms with Gasteiger partial charge in [0.05, 0.1) is 18.4 Å². The molecular formula is C22H20N4S. The topological polar surface area (TPSA) is 41.9 Å². The van der Waals surface area contributed by atoms with E-state index in [4.69, 9.17) is 12.2 Å². The first kappa shape index (κ1) is 17.2. The lowest BCUT2D eigenvalue weighted by Gasteiger charge is -2.11. The first-order valence-electron chi connectivity index (χ1n) is 8.81. The van der Waals surface area contributed by atoms with Gasteiger partial charge in [-0.05, 0) is 36.2 Å². The summed E-state index contributed by atoms with van der Waals surface area (Å²) in [6, 6.07) is 22.8. The summed E-state index contributed by atoms with van der Waals surface area (Å²) in [5.74, 6) is 0. The second kappa shape index (κ2) is 7.60. The second-order valence-electron chi connectivity index (χ2n) is 6.52. The molecular weight excluding hydrogens is 352 g/mol. The number of hydrogen-bond acceptors (Lipinski definition) is 2. The number of hydrogen-bond donors (Lipinski definition) is 2. The van der Waals surface area contributed by atoms with Crippen LogP contribution in [-0.4, -0.2) is 14.9 Å². The van der Waals surface area contributed by atoms with Gasteiger partial charge in [0.25, 0.3) is 0 Å². The van der Waals surface area contributed by atoms with Crippen LogP contribution < -0.4 is 10.6 Å². The fourth-order valence-corrected chi connectivity index (χ4v) is 3.24. The van der Waals surface area contributed by atoms with Crippen molar-refractivity contribution in [2.24, 2.45) is 0 Å². The molecule has 3 aromatic carbocycles. The molecule has 134 valence electrons. The summed E-state index contributed by atoms with van der Waals surface area (Å²) in [5.41, 5.74) is 4.32. The van der Waals surface area contributed by atoms with Gasteiger partial charge in [0.1, 0.15) is 0 Å². The highest BCUT2D eigenvalue weighted by atomic mass is 32.1. The Labute approximate surface area is 163 Å². The molecule has 2 N–H and O–H groups in total. The van der Waals surface area contributed by atoms with E-state index < -0.39 is 0 Å². The number of anilines is 2. The average Bonchev–Trinajstić information content (AvgIpc) is 3.10. The summed E-state index contributed by atoms with van der Waals surface area (Å²) in [6.07, 6.45) is 3.74. The molecule has 4 rings (SSSR count). The van der Waals surface area contributed by atoms with Gasteiger partial charge in [-0.3, -0.25) is 4.68 Å². The highest BCUT2D eigenvalue weighted by molar-refractivity contribution is 7.80. The van der Waals surface area contributed by atoms with Crippen molar-refractivity contribution in [1.29, 1.82) is 0 Å². The van der Waals surface area contributed by atoms with Crippen molar-refractivity contribution in [2.75, 3.05) is 10.6 Å². The van der Waals surface area contributed by atoms with Gasteiger partial charge in [-0.15, -0.1) is 0 Å². The van der Waals surface area contributed by atoms with Crippen molar-refractivity contribution in [2.45, 2.75) is 13.5 Å². The molecule has 0 aliphatic carbocycles. The molecule has 0 radical (unpaired) electrons. The van der Waals surface area contributed by atoms with Crippen LogP contribution in [0.1, 0.15) is 11.1 Å². The van der Waals surface area contributed by atoms with E-state index in [1.807, 2.05) is 35.1 Å². The van der Waals surface area contributed by atoms with Gasteiger partial charge in [-0.2, -0.15) is 5.10 Å². The third-order valence-corrected chi connectivity index (χ3v) is 4.60. The van der Waals surface area contributed by atoms with Crippen molar-refractivity contribution < 1.29 is 0 Å². The Balaban J connectivity index is 1.42. The third-order valence-electron chi connectivity index (χ3n) is 4.39. The monoisotopic (exact) mass is 372 g/mol. The molecule has 0 aliphatic heterocycles. The Morgan fingerprint density at radius 1 is 0.963 bits per heavy atom. The molecule has 5 heteroatoms. The molecule has 0 saturated carbocycles. The zero-order valence-electron chi connectivity index (χ0n) is 15.0. The quantitative estimate of drug-likeness (QED) is 0.483. The van der Waals surface area contributed by atoms with Gasteiger partial charge in [0, 0.05) is 17.3 Å². The molecule has 0 amide bonds. The molecule has 0 fully saturated rings. The molecule has 0 atom stereocenters. The molecule has 4 aromatic rings. The number of rotatable bonds is 4. The minimum Gasteiger partial charge on any atom is -0.332 e. The predicted molar refractivity (Wildman–Crippen MR) is 116 cm³/mol. The van der Waals surface area contributed by atoms with E-state index in [9.17, 15) is 0 Å². The van der Waals surface area contributed by atoms with Crippen molar-refractivity contribution in [3.63, 3.8) is 0 Å². The summed E-state index contributed by atoms with van der Waals surface area (Å²) in [7, 11) is 0. The van der Waals surface area contributed by atoms with E-state index in [-0.39, 0.29) is 0 Å². The maximum atomic E-state index is 5.48. The number of fused-ring (bicyclic) bond motifs is 1. The van der Waals surface area contributed by atoms with Gasteiger partial charge in [0.15, 0.2) is 5.11 Å². The van der Waals surface area contributed by atoms with Crippen molar-refractivity contribution in [3.8, 4) is 0 Å². The summed E-state index contributed by atoms with van der Waals surface area (Å²) in [6.45, 7) is 2.81. The Morgan fingerprint density at radius 3 is 2.59 bits per heavy atom. The SMILES string of the molecule is Cc1ccc(Cn2cc(NC(=S)Nc3cccc4ccccc34)cn2)cc1. The first-order chi connectivity index (χ1) is 13.2. The lowest BCUT2D eigenvalue weighted by Crippen LogP contribution is -2.18. The van der Waals surface area contributed by atoms with Gasteiger partial charge >= 0.3 is 0 Å². The Hall–Kier alpha value is -3.18. The van der Waals surface area contributed by atoms with Crippen LogP contribution in [0.15, 0.2) is 79.1 Å². The molecule has 1 aromatic heterocycles. The number of aryl methyl sites for hydroxylation is 1. The molecule has 0 spiro atoms. The molecule has 1 heterocycles. The summed E-state index contributed by atoms with van der Waals surface area (Å²) >= 11 is 5.48. The van der Waals surface area contributed by atoms with E-state index in [2.05, 4.69) is 65.1 Å². The van der Waals surface area contributed by atoms with Gasteiger partial charge in [-0.25, -0.2) is 0 Å². The van der Waals surface area contributed by atoms with Crippen LogP contribution in [0.2, 0.25) is 0 Å². The lowest BCUT2D eigenvalue weighted by molar-refractivity contribution is 0.687. The number of nitrogens with zero attached hydrogens (tertiary/aromatic N) is 2. The molecule has 0 saturated heterocycles. The highest BCUT2D eigenvalue weighted by Crippen LogP contribution is 2.23. The molecule has 0 bridgehead atoms. The standard InChI is InChI=1S/C22H20N4S/c1-16-9-11-17(12-10-16)14-26-15-19(13-23-26)24-22(27)25-21-8-4-6-18-5-2-3-7-20(18)21/h2-13,15H,14H2,1H3,(H2,24,25,27). The number of thiocarbonyl (C=S) groups is 1. The molecule has 0 unspecified atom stereocenters. The van der Waals surface area contributed by atoms with Crippen molar-refractivity contribution in [3.05, 3.63) is 90.3 Å². The van der Waals surface area contributed by atoms with Gasteiger partial charge in [-0.1, -0.05) is 66.2 Å². The van der Waals surface area contributed by atoms with Crippen LogP contribution in [-0.2, 0) is 6.54 Å². The summed E-state index contributed by atoms with van der Waals surface area (Å²) in [4.78, 5) is 0. The maximum Gasteiger partial charge on any atom is 0.175 e. The normalized spacial score (nSPS) is 10.7. The van der Waals surface area contributed by atoms with Gasteiger partial charge in [0.2, 0.25) is 0 Å². The second-order valence-corrected chi connectivity index (χ2v) is 6.93. The van der Waals surface area contributed by atoms with E-state index >= 15 is 0 Å². The van der Waals surface area contributed by atoms with Crippen LogP contribution in [0.5, 0.6) is 0 Å². The van der Waals surface area contributed by atoms with E-state index in [0.717, 1.165) is 23.3 Å². The van der Waals surface area contributed by atoms with E-state index in [1.165, 1.54) is 16.5 Å². The van der Waals surface area contributed by atoms with Crippen LogP contribution in [0, 0.1) is 6.92 Å². The molecule has 27 heavy (non-hydrogen) atoms. The van der Waals surface area contributed by atoms with Gasteiger partial charge < -0.3 is 10.6 Å². The minimum atomic E-state index is 0.543. The van der Waals surface area contributed by atoms with Crippen molar-refractivity contribution >= 4 is 39.5 Å². The summed E-state index contributed by atoms with van der Waals surface area (Å²) in [5, 5.41) is 13.8. The first-order valence-corrected chi connectivity index (χ1v) is 9.22. The highest BCUT2D eigenvalue weighted by Gasteiger charge is 2.05. The Kier molecular flexibility index (Phi) is 4.85. The lowest BCUT2D eigenvalue weighted by atomic mass is 10.1. The Morgan fingerprint density at radius 2 is 1.74 bits per heavy atom. The largest absolute Gasteiger partial charge is 0.332 e. The van der Waals surface area contributed by atoms with Crippen LogP contribution in [0.25, 0.3) is 10.8 Å². The fourth-order valence-electron chi connectivity index (χ4n) is 3.01. The predicted octanol–water partition coefficient (Wildman–Crippen LogP) is 5.20. The average molecular weight is 372 g/mol. The van der Waals surface area contributed by atoms with Crippen molar-refractivity contribution in [1.82, 2.24) is 9.78 Å². The smallest absolute Gasteiger partial charge is 0.175 e. The van der Waals surface area contributed by atoms with Crippen LogP contribution in [0.3, 0.4) is 0 Å². The third kappa shape index (κ3) is 4.15. The van der Waals surface area contributed by atoms with Crippen LogP contribution >= 0.6 is 12.2 Å². The van der Waals surface area contributed by atoms with E-state index in [1.54, 1.807) is 6.20 Å². The maximum absolute atomic E-state index is 5.48. The Bertz CT molecular complexity index is 1080.